The van der Waals surface area contributed by atoms with E-state index in [1.807, 2.05) is 11.8 Å². The Balaban J connectivity index is 2.03. The van der Waals surface area contributed by atoms with Crippen molar-refractivity contribution >= 4 is 15.7 Å². The lowest BCUT2D eigenvalue weighted by molar-refractivity contribution is -0.133. The Bertz CT molecular complexity index is 605. The molecule has 0 aliphatic carbocycles. The first-order chi connectivity index (χ1) is 10.4. The lowest BCUT2D eigenvalue weighted by Gasteiger charge is -2.34. The molecule has 1 N–H and O–H groups in total. The number of likely N-dealkylation sites (N-methyl/N-ethyl adjacent to an activating group) is 1. The van der Waals surface area contributed by atoms with Crippen LogP contribution in [0.25, 0.3) is 0 Å². The fourth-order valence-electron chi connectivity index (χ4n) is 2.89. The summed E-state index contributed by atoms with van der Waals surface area (Å²) in [6, 6.07) is 6.90. The summed E-state index contributed by atoms with van der Waals surface area (Å²) in [7, 11) is -3.19. The zero-order valence-corrected chi connectivity index (χ0v) is 14.0. The van der Waals surface area contributed by atoms with Crippen molar-refractivity contribution in [3.05, 3.63) is 29.8 Å². The minimum Gasteiger partial charge on any atom is -0.340 e. The first kappa shape index (κ1) is 17.0. The maximum Gasteiger partial charge on any atom is 0.227 e. The van der Waals surface area contributed by atoms with E-state index in [1.165, 1.54) is 6.26 Å². The van der Waals surface area contributed by atoms with E-state index in [9.17, 15) is 13.2 Å². The molecule has 6 heteroatoms. The van der Waals surface area contributed by atoms with Gasteiger partial charge < -0.3 is 10.2 Å². The number of sulfone groups is 1. The molecule has 0 saturated carbocycles. The van der Waals surface area contributed by atoms with Gasteiger partial charge in [0.05, 0.1) is 11.3 Å². The molecule has 122 valence electrons. The number of piperidine rings is 1. The first-order valence-corrected chi connectivity index (χ1v) is 9.60. The summed E-state index contributed by atoms with van der Waals surface area (Å²) in [5, 5.41) is 3.31. The standard InChI is InChI=1S/C16H24N2O3S/c1-3-18(14-8-10-17-11-9-14)16(19)12-13-4-6-15(7-5-13)22(2,20)21/h4-7,14,17H,3,8-12H2,1-2H3. The molecule has 0 spiro atoms. The van der Waals surface area contributed by atoms with Gasteiger partial charge in [0.25, 0.3) is 0 Å². The molecule has 1 heterocycles. The van der Waals surface area contributed by atoms with Gasteiger partial charge in [0, 0.05) is 18.8 Å². The third kappa shape index (κ3) is 4.30. The van der Waals surface area contributed by atoms with Crippen molar-refractivity contribution in [2.75, 3.05) is 25.9 Å². The highest BCUT2D eigenvalue weighted by Crippen LogP contribution is 2.15. The topological polar surface area (TPSA) is 66.5 Å². The van der Waals surface area contributed by atoms with Crippen LogP contribution in [0.2, 0.25) is 0 Å². The van der Waals surface area contributed by atoms with E-state index in [1.54, 1.807) is 24.3 Å². The van der Waals surface area contributed by atoms with Crippen molar-refractivity contribution in [3.63, 3.8) is 0 Å². The third-order valence-corrected chi connectivity index (χ3v) is 5.25. The van der Waals surface area contributed by atoms with E-state index in [2.05, 4.69) is 5.32 Å². The molecular formula is C16H24N2O3S. The Labute approximate surface area is 132 Å². The summed E-state index contributed by atoms with van der Waals surface area (Å²) < 4.78 is 22.9. The van der Waals surface area contributed by atoms with E-state index < -0.39 is 9.84 Å². The number of hydrogen-bond acceptors (Lipinski definition) is 4. The second-order valence-corrected chi connectivity index (χ2v) is 7.77. The zero-order chi connectivity index (χ0) is 16.2. The number of carbonyl (C=O) groups is 1. The SMILES string of the molecule is CCN(C(=O)Cc1ccc(S(C)(=O)=O)cc1)C1CCNCC1. The molecule has 1 aromatic carbocycles. The highest BCUT2D eigenvalue weighted by atomic mass is 32.2. The molecule has 0 unspecified atom stereocenters. The van der Waals surface area contributed by atoms with Gasteiger partial charge in [0.2, 0.25) is 5.91 Å². The van der Waals surface area contributed by atoms with Crippen molar-refractivity contribution in [2.45, 2.75) is 37.1 Å². The fourth-order valence-corrected chi connectivity index (χ4v) is 3.52. The smallest absolute Gasteiger partial charge is 0.227 e. The van der Waals surface area contributed by atoms with Crippen LogP contribution in [0.5, 0.6) is 0 Å². The third-order valence-electron chi connectivity index (χ3n) is 4.12. The van der Waals surface area contributed by atoms with Crippen molar-refractivity contribution < 1.29 is 13.2 Å². The van der Waals surface area contributed by atoms with Gasteiger partial charge in [0.1, 0.15) is 0 Å². The maximum absolute atomic E-state index is 12.5. The molecule has 22 heavy (non-hydrogen) atoms. The number of carbonyl (C=O) groups excluding carboxylic acids is 1. The van der Waals surface area contributed by atoms with Crippen LogP contribution in [-0.4, -0.2) is 51.2 Å². The molecule has 2 rings (SSSR count). The summed E-state index contributed by atoms with van der Waals surface area (Å²) in [6.45, 7) is 4.63. The lowest BCUT2D eigenvalue weighted by atomic mass is 10.0. The molecule has 5 nitrogen and oxygen atoms in total. The van der Waals surface area contributed by atoms with Crippen LogP contribution in [0, 0.1) is 0 Å². The average molecular weight is 324 g/mol. The Morgan fingerprint density at radius 3 is 2.32 bits per heavy atom. The molecule has 0 bridgehead atoms. The van der Waals surface area contributed by atoms with E-state index in [0.717, 1.165) is 31.5 Å². The van der Waals surface area contributed by atoms with Crippen LogP contribution in [0.1, 0.15) is 25.3 Å². The highest BCUT2D eigenvalue weighted by Gasteiger charge is 2.23. The Kier molecular flexibility index (Phi) is 5.58. The minimum absolute atomic E-state index is 0.113. The van der Waals surface area contributed by atoms with Gasteiger partial charge in [-0.1, -0.05) is 12.1 Å². The van der Waals surface area contributed by atoms with Crippen molar-refractivity contribution in [2.24, 2.45) is 0 Å². The fraction of sp³-hybridized carbons (Fsp3) is 0.562. The summed E-state index contributed by atoms with van der Waals surface area (Å²) in [5.41, 5.74) is 0.852. The van der Waals surface area contributed by atoms with E-state index >= 15 is 0 Å². The summed E-state index contributed by atoms with van der Waals surface area (Å²) in [6.07, 6.45) is 3.49. The molecule has 1 aliphatic rings. The summed E-state index contributed by atoms with van der Waals surface area (Å²) >= 11 is 0. The molecule has 1 aromatic rings. The van der Waals surface area contributed by atoms with Gasteiger partial charge in [0.15, 0.2) is 9.84 Å². The predicted octanol–water partition coefficient (Wildman–Crippen LogP) is 1.23. The lowest BCUT2D eigenvalue weighted by Crippen LogP contribution is -2.46. The number of amides is 1. The molecule has 1 saturated heterocycles. The second kappa shape index (κ2) is 7.24. The number of hydrogen-bond donors (Lipinski definition) is 1. The van der Waals surface area contributed by atoms with Crippen molar-refractivity contribution in [1.29, 1.82) is 0 Å². The zero-order valence-electron chi connectivity index (χ0n) is 13.2. The Morgan fingerprint density at radius 1 is 1.23 bits per heavy atom. The van der Waals surface area contributed by atoms with Gasteiger partial charge in [-0.3, -0.25) is 4.79 Å². The van der Waals surface area contributed by atoms with Crippen LogP contribution in [0.3, 0.4) is 0 Å². The van der Waals surface area contributed by atoms with Gasteiger partial charge >= 0.3 is 0 Å². The number of rotatable bonds is 5. The van der Waals surface area contributed by atoms with Crippen LogP contribution < -0.4 is 5.32 Å². The highest BCUT2D eigenvalue weighted by molar-refractivity contribution is 7.90. The van der Waals surface area contributed by atoms with Gasteiger partial charge in [-0.05, 0) is 50.6 Å². The van der Waals surface area contributed by atoms with Crippen LogP contribution in [0.15, 0.2) is 29.2 Å². The minimum atomic E-state index is -3.19. The monoisotopic (exact) mass is 324 g/mol. The van der Waals surface area contributed by atoms with Crippen LogP contribution >= 0.6 is 0 Å². The Hall–Kier alpha value is -1.40. The van der Waals surface area contributed by atoms with Gasteiger partial charge in [-0.15, -0.1) is 0 Å². The Morgan fingerprint density at radius 2 is 1.82 bits per heavy atom. The van der Waals surface area contributed by atoms with E-state index in [4.69, 9.17) is 0 Å². The molecule has 1 aliphatic heterocycles. The van der Waals surface area contributed by atoms with E-state index in [-0.39, 0.29) is 10.8 Å². The van der Waals surface area contributed by atoms with E-state index in [0.29, 0.717) is 19.0 Å². The van der Waals surface area contributed by atoms with Crippen LogP contribution in [-0.2, 0) is 21.1 Å². The number of nitrogens with zero attached hydrogens (tertiary/aromatic N) is 1. The van der Waals surface area contributed by atoms with Crippen molar-refractivity contribution in [1.82, 2.24) is 10.2 Å². The predicted molar refractivity (Wildman–Crippen MR) is 86.5 cm³/mol. The molecule has 1 amide bonds. The molecule has 0 radical (unpaired) electrons. The normalized spacial score (nSPS) is 16.5. The second-order valence-electron chi connectivity index (χ2n) is 5.75. The molecule has 0 aromatic heterocycles. The largest absolute Gasteiger partial charge is 0.340 e. The maximum atomic E-state index is 12.5. The van der Waals surface area contributed by atoms with Crippen LogP contribution in [0.4, 0.5) is 0 Å². The average Bonchev–Trinajstić information content (AvgIpc) is 2.48. The van der Waals surface area contributed by atoms with Crippen molar-refractivity contribution in [3.8, 4) is 0 Å². The molecular weight excluding hydrogens is 300 g/mol. The first-order valence-electron chi connectivity index (χ1n) is 7.71. The van der Waals surface area contributed by atoms with Gasteiger partial charge in [-0.2, -0.15) is 0 Å². The summed E-state index contributed by atoms with van der Waals surface area (Å²) in [5.74, 6) is 0.113. The number of benzene rings is 1. The molecule has 0 atom stereocenters. The quantitative estimate of drug-likeness (QED) is 0.885. The van der Waals surface area contributed by atoms with Gasteiger partial charge in [-0.25, -0.2) is 8.42 Å². The number of nitrogens with one attached hydrogen (secondary N) is 1. The summed E-state index contributed by atoms with van der Waals surface area (Å²) in [4.78, 5) is 14.7. The molecule has 1 fully saturated rings.